The maximum Gasteiger partial charge on any atom is 0.270 e. The topological polar surface area (TPSA) is 80.5 Å². The molecule has 3 aromatic rings. The highest BCUT2D eigenvalue weighted by molar-refractivity contribution is 5.93. The van der Waals surface area contributed by atoms with Crippen molar-refractivity contribution < 1.29 is 4.79 Å². The molecule has 0 saturated carbocycles. The van der Waals surface area contributed by atoms with E-state index in [1.807, 2.05) is 13.0 Å². The Bertz CT molecular complexity index is 1010. The van der Waals surface area contributed by atoms with Gasteiger partial charge in [-0.25, -0.2) is 15.0 Å². The summed E-state index contributed by atoms with van der Waals surface area (Å²) in [6, 6.07) is 3.64. The van der Waals surface area contributed by atoms with Crippen LogP contribution in [0, 0.1) is 6.92 Å². The van der Waals surface area contributed by atoms with E-state index in [0.29, 0.717) is 25.2 Å². The maximum atomic E-state index is 12.8. The minimum Gasteiger partial charge on any atom is -0.332 e. The van der Waals surface area contributed by atoms with Gasteiger partial charge in [-0.2, -0.15) is 0 Å². The normalized spacial score (nSPS) is 13.8. The lowest BCUT2D eigenvalue weighted by atomic mass is 10.1. The Labute approximate surface area is 137 Å². The largest absolute Gasteiger partial charge is 0.332 e. The van der Waals surface area contributed by atoms with Gasteiger partial charge < -0.3 is 4.90 Å². The molecule has 0 unspecified atom stereocenters. The minimum absolute atomic E-state index is 0.0793. The molecule has 4 heterocycles. The van der Waals surface area contributed by atoms with Crippen molar-refractivity contribution >= 4 is 11.6 Å². The number of hydrogen-bond donors (Lipinski definition) is 0. The summed E-state index contributed by atoms with van der Waals surface area (Å²) in [5, 5.41) is 0. The van der Waals surface area contributed by atoms with E-state index in [1.165, 1.54) is 16.9 Å². The molecule has 0 spiro atoms. The molecule has 1 amide bonds. The second kappa shape index (κ2) is 5.52. The first-order valence-corrected chi connectivity index (χ1v) is 7.68. The number of amides is 1. The van der Waals surface area contributed by atoms with Crippen LogP contribution in [0.1, 0.15) is 27.2 Å². The molecule has 0 atom stereocenters. The van der Waals surface area contributed by atoms with Crippen molar-refractivity contribution in [3.8, 4) is 0 Å². The highest BCUT2D eigenvalue weighted by Gasteiger charge is 2.25. The first kappa shape index (κ1) is 14.5. The molecule has 120 valence electrons. The van der Waals surface area contributed by atoms with E-state index in [4.69, 9.17) is 0 Å². The van der Waals surface area contributed by atoms with Gasteiger partial charge in [0.25, 0.3) is 11.5 Å². The zero-order valence-corrected chi connectivity index (χ0v) is 13.1. The predicted octanol–water partition coefficient (Wildman–Crippen LogP) is 0.991. The highest BCUT2D eigenvalue weighted by Crippen LogP contribution is 2.17. The maximum absolute atomic E-state index is 12.8. The third-order valence-corrected chi connectivity index (χ3v) is 4.24. The van der Waals surface area contributed by atoms with E-state index < -0.39 is 0 Å². The first-order valence-electron chi connectivity index (χ1n) is 7.68. The van der Waals surface area contributed by atoms with Gasteiger partial charge >= 0.3 is 0 Å². The first-order chi connectivity index (χ1) is 11.6. The molecule has 0 aromatic carbocycles. The lowest BCUT2D eigenvalue weighted by Crippen LogP contribution is -2.39. The number of aromatic nitrogens is 4. The van der Waals surface area contributed by atoms with Gasteiger partial charge in [0.15, 0.2) is 0 Å². The van der Waals surface area contributed by atoms with Crippen molar-refractivity contribution in [2.45, 2.75) is 19.9 Å². The average Bonchev–Trinajstić information content (AvgIpc) is 2.61. The molecule has 0 radical (unpaired) electrons. The van der Waals surface area contributed by atoms with Crippen LogP contribution in [0.4, 0.5) is 0 Å². The highest BCUT2D eigenvalue weighted by atomic mass is 16.2. The van der Waals surface area contributed by atoms with Crippen molar-refractivity contribution in [2.75, 3.05) is 6.54 Å². The fourth-order valence-electron chi connectivity index (χ4n) is 2.92. The lowest BCUT2D eigenvalue weighted by molar-refractivity contribution is 0.0729. The van der Waals surface area contributed by atoms with Crippen molar-refractivity contribution in [1.82, 2.24) is 24.3 Å². The smallest absolute Gasteiger partial charge is 0.270 e. The van der Waals surface area contributed by atoms with Crippen LogP contribution in [0.5, 0.6) is 0 Å². The Hall–Kier alpha value is -3.09. The fraction of sp³-hybridized carbons (Fsp3) is 0.235. The van der Waals surface area contributed by atoms with Crippen LogP contribution in [-0.4, -0.2) is 36.7 Å². The molecule has 1 aliphatic rings. The zero-order valence-electron chi connectivity index (χ0n) is 13.1. The zero-order chi connectivity index (χ0) is 16.7. The van der Waals surface area contributed by atoms with E-state index in [9.17, 15) is 9.59 Å². The molecule has 1 aliphatic heterocycles. The summed E-state index contributed by atoms with van der Waals surface area (Å²) in [7, 11) is 0. The SMILES string of the molecule is Cc1ccc2ncc(C(=O)N3CCc4cncnc4C3)c(=O)n2c1. The molecule has 0 saturated heterocycles. The number of rotatable bonds is 1. The van der Waals surface area contributed by atoms with Gasteiger partial charge in [-0.05, 0) is 30.5 Å². The lowest BCUT2D eigenvalue weighted by Gasteiger charge is -2.27. The van der Waals surface area contributed by atoms with Gasteiger partial charge in [-0.15, -0.1) is 0 Å². The third-order valence-electron chi connectivity index (χ3n) is 4.24. The predicted molar refractivity (Wildman–Crippen MR) is 86.7 cm³/mol. The van der Waals surface area contributed by atoms with E-state index in [-0.39, 0.29) is 17.0 Å². The average molecular weight is 321 g/mol. The number of nitrogens with zero attached hydrogens (tertiary/aromatic N) is 5. The number of fused-ring (bicyclic) bond motifs is 2. The molecule has 24 heavy (non-hydrogen) atoms. The van der Waals surface area contributed by atoms with Crippen LogP contribution < -0.4 is 5.56 Å². The van der Waals surface area contributed by atoms with Crippen LogP contribution in [0.2, 0.25) is 0 Å². The molecular formula is C17H15N5O2. The van der Waals surface area contributed by atoms with Crippen LogP contribution in [0.3, 0.4) is 0 Å². The van der Waals surface area contributed by atoms with Gasteiger partial charge in [-0.1, -0.05) is 6.07 Å². The Morgan fingerprint density at radius 2 is 2.08 bits per heavy atom. The molecule has 0 bridgehead atoms. The fourth-order valence-corrected chi connectivity index (χ4v) is 2.92. The van der Waals surface area contributed by atoms with Crippen molar-refractivity contribution in [2.24, 2.45) is 0 Å². The van der Waals surface area contributed by atoms with Gasteiger partial charge in [-0.3, -0.25) is 14.0 Å². The van der Waals surface area contributed by atoms with Crippen LogP contribution in [-0.2, 0) is 13.0 Å². The second-order valence-corrected chi connectivity index (χ2v) is 5.88. The summed E-state index contributed by atoms with van der Waals surface area (Å²) in [6.07, 6.45) is 7.00. The van der Waals surface area contributed by atoms with Crippen molar-refractivity contribution in [1.29, 1.82) is 0 Å². The Kier molecular flexibility index (Phi) is 3.34. The van der Waals surface area contributed by atoms with Crippen molar-refractivity contribution in [3.63, 3.8) is 0 Å². The summed E-state index contributed by atoms with van der Waals surface area (Å²) in [5.41, 5.74) is 3.07. The molecule has 7 nitrogen and oxygen atoms in total. The minimum atomic E-state index is -0.345. The number of aryl methyl sites for hydroxylation is 1. The molecule has 7 heteroatoms. The van der Waals surface area contributed by atoms with E-state index in [2.05, 4.69) is 15.0 Å². The molecule has 0 fully saturated rings. The quantitative estimate of drug-likeness (QED) is 0.668. The van der Waals surface area contributed by atoms with E-state index in [1.54, 1.807) is 23.4 Å². The Morgan fingerprint density at radius 1 is 1.21 bits per heavy atom. The summed E-state index contributed by atoms with van der Waals surface area (Å²) >= 11 is 0. The van der Waals surface area contributed by atoms with Crippen LogP contribution in [0.25, 0.3) is 5.65 Å². The molecular weight excluding hydrogens is 306 g/mol. The Balaban J connectivity index is 1.72. The molecule has 0 aliphatic carbocycles. The van der Waals surface area contributed by atoms with Crippen LogP contribution in [0.15, 0.2) is 41.8 Å². The van der Waals surface area contributed by atoms with Gasteiger partial charge in [0.05, 0.1) is 12.2 Å². The Morgan fingerprint density at radius 3 is 2.96 bits per heavy atom. The van der Waals surface area contributed by atoms with E-state index in [0.717, 1.165) is 16.8 Å². The summed E-state index contributed by atoms with van der Waals surface area (Å²) < 4.78 is 1.42. The molecule has 3 aromatic heterocycles. The number of pyridine rings is 1. The third kappa shape index (κ3) is 2.34. The summed E-state index contributed by atoms with van der Waals surface area (Å²) in [5.74, 6) is -0.312. The monoisotopic (exact) mass is 321 g/mol. The van der Waals surface area contributed by atoms with E-state index >= 15 is 0 Å². The van der Waals surface area contributed by atoms with Gasteiger partial charge in [0.2, 0.25) is 0 Å². The molecule has 4 rings (SSSR count). The standard InChI is InChI=1S/C17H15N5O2/c1-11-2-3-15-19-7-13(17(24)22(15)8-11)16(23)21-5-4-12-6-18-10-20-14(12)9-21/h2-3,6-8,10H,4-5,9H2,1H3. The summed E-state index contributed by atoms with van der Waals surface area (Å²) in [4.78, 5) is 39.5. The number of carbonyl (C=O) groups excluding carboxylic acids is 1. The number of hydrogen-bond acceptors (Lipinski definition) is 5. The van der Waals surface area contributed by atoms with Crippen molar-refractivity contribution in [3.05, 3.63) is 69.8 Å². The van der Waals surface area contributed by atoms with Gasteiger partial charge in [0.1, 0.15) is 17.5 Å². The van der Waals surface area contributed by atoms with Gasteiger partial charge in [0, 0.05) is 25.1 Å². The second-order valence-electron chi connectivity index (χ2n) is 5.88. The summed E-state index contributed by atoms with van der Waals surface area (Å²) in [6.45, 7) is 2.81. The molecule has 0 N–H and O–H groups in total. The number of carbonyl (C=O) groups is 1. The van der Waals surface area contributed by atoms with Crippen LogP contribution >= 0.6 is 0 Å².